The summed E-state index contributed by atoms with van der Waals surface area (Å²) in [5, 5.41) is 1.23. The van der Waals surface area contributed by atoms with Crippen molar-refractivity contribution in [3.63, 3.8) is 0 Å². The van der Waals surface area contributed by atoms with Crippen molar-refractivity contribution in [1.82, 2.24) is 4.98 Å². The van der Waals surface area contributed by atoms with Gasteiger partial charge in [0.2, 0.25) is 0 Å². The molecule has 0 radical (unpaired) electrons. The second kappa shape index (κ2) is 3.98. The van der Waals surface area contributed by atoms with Gasteiger partial charge >= 0.3 is 0 Å². The number of benzene rings is 2. The van der Waals surface area contributed by atoms with Crippen molar-refractivity contribution in [3.05, 3.63) is 54.7 Å². The van der Waals surface area contributed by atoms with Gasteiger partial charge in [0, 0.05) is 11.8 Å². The van der Waals surface area contributed by atoms with Crippen molar-refractivity contribution >= 4 is 10.9 Å². The van der Waals surface area contributed by atoms with Crippen molar-refractivity contribution in [3.8, 4) is 16.9 Å². The third kappa shape index (κ3) is 1.68. The smallest absolute Gasteiger partial charge is 0.118 e. The fourth-order valence-corrected chi connectivity index (χ4v) is 2.10. The normalized spacial score (nSPS) is 10.6. The minimum absolute atomic E-state index is 0.882. The highest BCUT2D eigenvalue weighted by molar-refractivity contribution is 5.94. The van der Waals surface area contributed by atoms with Gasteiger partial charge in [0.05, 0.1) is 12.6 Å². The van der Waals surface area contributed by atoms with E-state index in [1.807, 2.05) is 18.3 Å². The van der Waals surface area contributed by atoms with Crippen molar-refractivity contribution in [2.45, 2.75) is 0 Å². The zero-order chi connectivity index (χ0) is 11.7. The Morgan fingerprint density at radius 3 is 2.53 bits per heavy atom. The summed E-state index contributed by atoms with van der Waals surface area (Å²) >= 11 is 0. The van der Waals surface area contributed by atoms with Crippen LogP contribution < -0.4 is 4.74 Å². The number of hydrogen-bond donors (Lipinski definition) is 1. The van der Waals surface area contributed by atoms with Gasteiger partial charge in [-0.2, -0.15) is 0 Å². The topological polar surface area (TPSA) is 25.0 Å². The van der Waals surface area contributed by atoms with E-state index in [1.165, 1.54) is 22.0 Å². The van der Waals surface area contributed by atoms with E-state index in [4.69, 9.17) is 4.74 Å². The van der Waals surface area contributed by atoms with Crippen LogP contribution in [0.1, 0.15) is 0 Å². The molecule has 0 aliphatic heterocycles. The van der Waals surface area contributed by atoms with E-state index in [0.29, 0.717) is 0 Å². The van der Waals surface area contributed by atoms with Crippen LogP contribution in [0.25, 0.3) is 22.0 Å². The maximum Gasteiger partial charge on any atom is 0.118 e. The van der Waals surface area contributed by atoms with Crippen molar-refractivity contribution in [2.24, 2.45) is 0 Å². The summed E-state index contributed by atoms with van der Waals surface area (Å²) in [6.45, 7) is 0. The van der Waals surface area contributed by atoms with Crippen LogP contribution in [0.3, 0.4) is 0 Å². The van der Waals surface area contributed by atoms with Gasteiger partial charge in [-0.15, -0.1) is 0 Å². The number of H-pyrrole nitrogens is 1. The predicted molar refractivity (Wildman–Crippen MR) is 70.3 cm³/mol. The zero-order valence-electron chi connectivity index (χ0n) is 9.60. The Hall–Kier alpha value is -2.22. The number of aromatic amines is 1. The van der Waals surface area contributed by atoms with Crippen LogP contribution in [0.15, 0.2) is 54.7 Å². The van der Waals surface area contributed by atoms with Gasteiger partial charge in [0.15, 0.2) is 0 Å². The van der Waals surface area contributed by atoms with Gasteiger partial charge in [0.1, 0.15) is 5.75 Å². The predicted octanol–water partition coefficient (Wildman–Crippen LogP) is 3.84. The lowest BCUT2D eigenvalue weighted by molar-refractivity contribution is 0.415. The average Bonchev–Trinajstić information content (AvgIpc) is 2.87. The first-order valence-electron chi connectivity index (χ1n) is 5.59. The Morgan fingerprint density at radius 2 is 1.76 bits per heavy atom. The summed E-state index contributed by atoms with van der Waals surface area (Å²) in [6.07, 6.45) is 1.97. The quantitative estimate of drug-likeness (QED) is 0.701. The molecular formula is C15H13NO. The highest BCUT2D eigenvalue weighted by atomic mass is 16.5. The SMILES string of the molecule is COc1ccc(-c2cccc3cc[nH]c23)cc1. The molecule has 0 unspecified atom stereocenters. The number of para-hydroxylation sites is 1. The zero-order valence-corrected chi connectivity index (χ0v) is 9.60. The summed E-state index contributed by atoms with van der Waals surface area (Å²) in [7, 11) is 1.68. The van der Waals surface area contributed by atoms with E-state index in [0.717, 1.165) is 5.75 Å². The van der Waals surface area contributed by atoms with Crippen molar-refractivity contribution in [1.29, 1.82) is 0 Å². The monoisotopic (exact) mass is 223 g/mol. The minimum Gasteiger partial charge on any atom is -0.497 e. The largest absolute Gasteiger partial charge is 0.497 e. The molecule has 0 bridgehead atoms. The van der Waals surface area contributed by atoms with Crippen LogP contribution in [0.4, 0.5) is 0 Å². The fourth-order valence-electron chi connectivity index (χ4n) is 2.10. The molecule has 3 rings (SSSR count). The fraction of sp³-hybridized carbons (Fsp3) is 0.0667. The molecule has 0 saturated heterocycles. The maximum absolute atomic E-state index is 5.17. The van der Waals surface area contributed by atoms with Gasteiger partial charge in [-0.3, -0.25) is 0 Å². The molecule has 1 N–H and O–H groups in total. The molecule has 0 spiro atoms. The van der Waals surface area contributed by atoms with E-state index in [2.05, 4.69) is 41.4 Å². The van der Waals surface area contributed by atoms with Crippen LogP contribution in [-0.4, -0.2) is 12.1 Å². The Balaban J connectivity index is 2.16. The van der Waals surface area contributed by atoms with E-state index in [1.54, 1.807) is 7.11 Å². The minimum atomic E-state index is 0.882. The Bertz CT molecular complexity index is 637. The van der Waals surface area contributed by atoms with E-state index < -0.39 is 0 Å². The van der Waals surface area contributed by atoms with E-state index in [9.17, 15) is 0 Å². The second-order valence-corrected chi connectivity index (χ2v) is 3.98. The summed E-state index contributed by atoms with van der Waals surface area (Å²) in [6, 6.07) is 16.5. The van der Waals surface area contributed by atoms with Gasteiger partial charge in [-0.05, 0) is 29.1 Å². The molecule has 2 aromatic carbocycles. The highest BCUT2D eigenvalue weighted by Gasteiger charge is 2.04. The third-order valence-electron chi connectivity index (χ3n) is 2.99. The number of nitrogens with one attached hydrogen (secondary N) is 1. The molecule has 0 saturated carbocycles. The molecule has 1 heterocycles. The summed E-state index contributed by atoms with van der Waals surface area (Å²) in [5.41, 5.74) is 3.59. The first-order valence-corrected chi connectivity index (χ1v) is 5.59. The molecule has 0 amide bonds. The average molecular weight is 223 g/mol. The number of fused-ring (bicyclic) bond motifs is 1. The number of aromatic nitrogens is 1. The van der Waals surface area contributed by atoms with Gasteiger partial charge in [-0.1, -0.05) is 30.3 Å². The first-order chi connectivity index (χ1) is 8.38. The molecule has 17 heavy (non-hydrogen) atoms. The summed E-state index contributed by atoms with van der Waals surface area (Å²) in [5.74, 6) is 0.882. The highest BCUT2D eigenvalue weighted by Crippen LogP contribution is 2.28. The second-order valence-electron chi connectivity index (χ2n) is 3.98. The Kier molecular flexibility index (Phi) is 2.33. The molecular weight excluding hydrogens is 210 g/mol. The summed E-state index contributed by atoms with van der Waals surface area (Å²) < 4.78 is 5.17. The van der Waals surface area contributed by atoms with Gasteiger partial charge < -0.3 is 9.72 Å². The molecule has 2 heteroatoms. The van der Waals surface area contributed by atoms with Crippen LogP contribution in [0.5, 0.6) is 5.75 Å². The number of methoxy groups -OCH3 is 1. The number of hydrogen-bond acceptors (Lipinski definition) is 1. The number of rotatable bonds is 2. The lowest BCUT2D eigenvalue weighted by atomic mass is 10.0. The Morgan fingerprint density at radius 1 is 0.941 bits per heavy atom. The lowest BCUT2D eigenvalue weighted by Gasteiger charge is -2.05. The Labute approximate surface area is 99.9 Å². The molecule has 84 valence electrons. The third-order valence-corrected chi connectivity index (χ3v) is 2.99. The molecule has 2 nitrogen and oxygen atoms in total. The number of ether oxygens (including phenoxy) is 1. The molecule has 0 atom stereocenters. The van der Waals surface area contributed by atoms with Crippen molar-refractivity contribution in [2.75, 3.05) is 7.11 Å². The van der Waals surface area contributed by atoms with Crippen LogP contribution in [-0.2, 0) is 0 Å². The van der Waals surface area contributed by atoms with E-state index in [-0.39, 0.29) is 0 Å². The van der Waals surface area contributed by atoms with Gasteiger partial charge in [0.25, 0.3) is 0 Å². The lowest BCUT2D eigenvalue weighted by Crippen LogP contribution is -1.83. The molecule has 0 aliphatic rings. The summed E-state index contributed by atoms with van der Waals surface area (Å²) in [4.78, 5) is 3.28. The van der Waals surface area contributed by atoms with Crippen molar-refractivity contribution < 1.29 is 4.74 Å². The van der Waals surface area contributed by atoms with Gasteiger partial charge in [-0.25, -0.2) is 0 Å². The van der Waals surface area contributed by atoms with Crippen LogP contribution in [0.2, 0.25) is 0 Å². The standard InChI is InChI=1S/C15H13NO/c1-17-13-7-5-11(6-8-13)14-4-2-3-12-9-10-16-15(12)14/h2-10,16H,1H3. The molecule has 0 aliphatic carbocycles. The molecule has 1 aromatic heterocycles. The van der Waals surface area contributed by atoms with Crippen LogP contribution in [0, 0.1) is 0 Å². The molecule has 0 fully saturated rings. The first kappa shape index (κ1) is 9.97. The van der Waals surface area contributed by atoms with E-state index >= 15 is 0 Å². The molecule has 3 aromatic rings. The van der Waals surface area contributed by atoms with Crippen LogP contribution >= 0.6 is 0 Å². The maximum atomic E-state index is 5.17.